The third-order valence-corrected chi connectivity index (χ3v) is 8.28. The quantitative estimate of drug-likeness (QED) is 0.222. The minimum Gasteiger partial charge on any atom is -0.310 e. The summed E-state index contributed by atoms with van der Waals surface area (Å²) in [5.74, 6) is 0.525. The van der Waals surface area contributed by atoms with E-state index in [1.165, 1.54) is 50.5 Å². The molecule has 1 atom stereocenters. The largest absolute Gasteiger partial charge is 0.310 e. The summed E-state index contributed by atoms with van der Waals surface area (Å²) in [6.07, 6.45) is 8.11. The van der Waals surface area contributed by atoms with E-state index in [4.69, 9.17) is 0 Å². The maximum atomic E-state index is 3.98. The number of allylic oxidation sites excluding steroid dienone is 3. The van der Waals surface area contributed by atoms with E-state index in [2.05, 4.69) is 137 Å². The van der Waals surface area contributed by atoms with Crippen LogP contribution in [0.3, 0.4) is 0 Å². The normalized spacial score (nSPS) is 18.7. The first kappa shape index (κ1) is 20.1. The number of anilines is 2. The Morgan fingerprint density at radius 2 is 1.35 bits per heavy atom. The Labute approximate surface area is 209 Å². The predicted molar refractivity (Wildman–Crippen MR) is 145 cm³/mol. The van der Waals surface area contributed by atoms with Gasteiger partial charge in [-0.05, 0) is 70.0 Å². The minimum absolute atomic E-state index is 0.375. The van der Waals surface area contributed by atoms with E-state index in [1.807, 2.05) is 0 Å². The molecule has 0 saturated carbocycles. The van der Waals surface area contributed by atoms with Crippen LogP contribution in [0.1, 0.15) is 35.6 Å². The molecule has 0 N–H and O–H groups in total. The summed E-state index contributed by atoms with van der Waals surface area (Å²) in [5.41, 5.74) is 11.4. The number of hydrogen-bond donors (Lipinski definition) is 0. The first-order valence-electron chi connectivity index (χ1n) is 12.0. The van der Waals surface area contributed by atoms with Crippen molar-refractivity contribution < 1.29 is 0 Å². The summed E-state index contributed by atoms with van der Waals surface area (Å²) in [7, 11) is 0. The van der Waals surface area contributed by atoms with Crippen molar-refractivity contribution in [2.75, 3.05) is 4.90 Å². The Bertz CT molecular complexity index is 1480. The van der Waals surface area contributed by atoms with Gasteiger partial charge in [-0.3, -0.25) is 0 Å². The van der Waals surface area contributed by atoms with Gasteiger partial charge < -0.3 is 4.90 Å². The number of nitrogens with zero attached hydrogens (tertiary/aromatic N) is 1. The van der Waals surface area contributed by atoms with Gasteiger partial charge in [0.25, 0.3) is 0 Å². The summed E-state index contributed by atoms with van der Waals surface area (Å²) in [6, 6.07) is 33.6. The van der Waals surface area contributed by atoms with Crippen LogP contribution < -0.4 is 4.90 Å². The molecule has 34 heavy (non-hydrogen) atoms. The first-order valence-corrected chi connectivity index (χ1v) is 12.8. The van der Waals surface area contributed by atoms with Crippen LogP contribution in [0.25, 0.3) is 11.1 Å². The predicted octanol–water partition coefficient (Wildman–Crippen LogP) is 8.74. The molecule has 2 heteroatoms. The first-order chi connectivity index (χ1) is 16.7. The summed E-state index contributed by atoms with van der Waals surface area (Å²) in [4.78, 5) is 2.47. The number of benzene rings is 4. The number of hydrogen-bond acceptors (Lipinski definition) is 1. The second kappa shape index (κ2) is 7.32. The second-order valence-corrected chi connectivity index (χ2v) is 10.4. The molecule has 0 saturated heterocycles. The van der Waals surface area contributed by atoms with Gasteiger partial charge in [0.2, 0.25) is 0 Å². The lowest BCUT2D eigenvalue weighted by molar-refractivity contribution is 0.717. The lowest BCUT2D eigenvalue weighted by Gasteiger charge is -2.45. The molecular weight excluding hydrogens is 478 g/mol. The monoisotopic (exact) mass is 501 g/mol. The molecule has 0 fully saturated rings. The highest BCUT2D eigenvalue weighted by Gasteiger charge is 2.52. The van der Waals surface area contributed by atoms with Crippen molar-refractivity contribution in [2.24, 2.45) is 5.92 Å². The van der Waals surface area contributed by atoms with Crippen molar-refractivity contribution in [3.63, 3.8) is 0 Å². The molecule has 1 nitrogen and oxygen atoms in total. The highest BCUT2D eigenvalue weighted by molar-refractivity contribution is 9.10. The zero-order valence-corrected chi connectivity index (χ0v) is 20.6. The van der Waals surface area contributed by atoms with Gasteiger partial charge in [0.15, 0.2) is 0 Å². The van der Waals surface area contributed by atoms with Crippen LogP contribution in [-0.4, -0.2) is 0 Å². The molecule has 1 spiro atoms. The fourth-order valence-electron chi connectivity index (χ4n) is 6.36. The molecule has 0 amide bonds. The standard InChI is InChI=1S/C32H24BrN/c1-21-10-8-11-22(20-21)34-29-18-6-4-15-26(29)32(27-16-5-7-19-30(27)34)25-14-3-2-12-23(25)24-13-9-17-28(33)31(24)32/h2-9,11-21H,10H2,1H3. The minimum atomic E-state index is -0.375. The SMILES string of the molecule is CC1C=C(N2c3ccccc3C3(c4ccccc4-c4cccc(Br)c43)c3ccccc32)C=CC1. The summed E-state index contributed by atoms with van der Waals surface area (Å²) in [6.45, 7) is 2.30. The van der Waals surface area contributed by atoms with Gasteiger partial charge in [0.1, 0.15) is 0 Å². The smallest absolute Gasteiger partial charge is 0.0765 e. The topological polar surface area (TPSA) is 3.24 Å². The molecule has 0 radical (unpaired) electrons. The molecular formula is C32H24BrN. The molecule has 1 aliphatic heterocycles. The Morgan fingerprint density at radius 1 is 0.735 bits per heavy atom. The van der Waals surface area contributed by atoms with Crippen LogP contribution in [-0.2, 0) is 5.41 Å². The molecule has 1 heterocycles. The fraction of sp³-hybridized carbons (Fsp3) is 0.125. The summed E-state index contributed by atoms with van der Waals surface area (Å²) < 4.78 is 1.16. The van der Waals surface area contributed by atoms with Gasteiger partial charge in [-0.1, -0.05) is 108 Å². The molecule has 2 aliphatic carbocycles. The molecule has 3 aliphatic rings. The van der Waals surface area contributed by atoms with E-state index < -0.39 is 0 Å². The highest BCUT2D eigenvalue weighted by atomic mass is 79.9. The van der Waals surface area contributed by atoms with E-state index in [-0.39, 0.29) is 5.41 Å². The van der Waals surface area contributed by atoms with E-state index >= 15 is 0 Å². The molecule has 7 rings (SSSR count). The fourth-order valence-corrected chi connectivity index (χ4v) is 7.02. The van der Waals surface area contributed by atoms with Crippen molar-refractivity contribution in [1.82, 2.24) is 0 Å². The summed E-state index contributed by atoms with van der Waals surface area (Å²) in [5, 5.41) is 0. The van der Waals surface area contributed by atoms with Gasteiger partial charge in [-0.25, -0.2) is 0 Å². The second-order valence-electron chi connectivity index (χ2n) is 9.53. The van der Waals surface area contributed by atoms with Crippen LogP contribution in [0, 0.1) is 5.92 Å². The Kier molecular flexibility index (Phi) is 4.32. The van der Waals surface area contributed by atoms with Crippen LogP contribution in [0.2, 0.25) is 0 Å². The highest BCUT2D eigenvalue weighted by Crippen LogP contribution is 2.64. The lowest BCUT2D eigenvalue weighted by atomic mass is 9.64. The van der Waals surface area contributed by atoms with E-state index in [1.54, 1.807) is 0 Å². The molecule has 164 valence electrons. The van der Waals surface area contributed by atoms with Crippen LogP contribution in [0.5, 0.6) is 0 Å². The zero-order chi connectivity index (χ0) is 22.9. The Morgan fingerprint density at radius 3 is 2.06 bits per heavy atom. The van der Waals surface area contributed by atoms with Crippen LogP contribution >= 0.6 is 15.9 Å². The third-order valence-electron chi connectivity index (χ3n) is 7.62. The molecule has 4 aromatic rings. The summed E-state index contributed by atoms with van der Waals surface area (Å²) >= 11 is 3.98. The van der Waals surface area contributed by atoms with Crippen LogP contribution in [0.4, 0.5) is 11.4 Å². The van der Waals surface area contributed by atoms with Gasteiger partial charge in [-0.2, -0.15) is 0 Å². The Hall–Kier alpha value is -3.36. The van der Waals surface area contributed by atoms with Crippen molar-refractivity contribution in [3.8, 4) is 11.1 Å². The van der Waals surface area contributed by atoms with Crippen LogP contribution in [0.15, 0.2) is 119 Å². The number of rotatable bonds is 1. The van der Waals surface area contributed by atoms with E-state index in [0.29, 0.717) is 5.92 Å². The number of fused-ring (bicyclic) bond motifs is 9. The van der Waals surface area contributed by atoms with E-state index in [9.17, 15) is 0 Å². The zero-order valence-electron chi connectivity index (χ0n) is 19.0. The molecule has 4 aromatic carbocycles. The maximum Gasteiger partial charge on any atom is 0.0765 e. The van der Waals surface area contributed by atoms with Gasteiger partial charge in [0, 0.05) is 10.2 Å². The van der Waals surface area contributed by atoms with Crippen molar-refractivity contribution >= 4 is 27.3 Å². The molecule has 1 unspecified atom stereocenters. The lowest BCUT2D eigenvalue weighted by Crippen LogP contribution is -2.37. The van der Waals surface area contributed by atoms with E-state index in [0.717, 1.165) is 10.9 Å². The van der Waals surface area contributed by atoms with Crippen molar-refractivity contribution in [1.29, 1.82) is 0 Å². The molecule has 0 bridgehead atoms. The third kappa shape index (κ3) is 2.50. The van der Waals surface area contributed by atoms with Crippen molar-refractivity contribution in [2.45, 2.75) is 18.8 Å². The van der Waals surface area contributed by atoms with Gasteiger partial charge >= 0.3 is 0 Å². The average molecular weight is 502 g/mol. The number of para-hydroxylation sites is 2. The van der Waals surface area contributed by atoms with Gasteiger partial charge in [-0.15, -0.1) is 0 Å². The number of halogens is 1. The Balaban J connectivity index is 1.65. The maximum absolute atomic E-state index is 3.98. The van der Waals surface area contributed by atoms with Gasteiger partial charge in [0.05, 0.1) is 16.8 Å². The average Bonchev–Trinajstić information content (AvgIpc) is 3.17. The van der Waals surface area contributed by atoms with Crippen molar-refractivity contribution in [3.05, 3.63) is 142 Å². The molecule has 0 aromatic heterocycles.